The van der Waals surface area contributed by atoms with Crippen LogP contribution < -0.4 is 5.73 Å². The van der Waals surface area contributed by atoms with Crippen molar-refractivity contribution in [2.24, 2.45) is 10.7 Å². The van der Waals surface area contributed by atoms with Gasteiger partial charge in [-0.1, -0.05) is 11.6 Å². The van der Waals surface area contributed by atoms with E-state index in [1.54, 1.807) is 24.4 Å². The second kappa shape index (κ2) is 7.59. The van der Waals surface area contributed by atoms with Gasteiger partial charge in [0.1, 0.15) is 5.15 Å². The van der Waals surface area contributed by atoms with Crippen molar-refractivity contribution in [3.8, 4) is 0 Å². The first kappa shape index (κ1) is 18.2. The summed E-state index contributed by atoms with van der Waals surface area (Å²) < 4.78 is 36.6. The minimum absolute atomic E-state index is 0.191. The van der Waals surface area contributed by atoms with Crippen LogP contribution in [0.3, 0.4) is 0 Å². The zero-order valence-corrected chi connectivity index (χ0v) is 13.1. The lowest BCUT2D eigenvalue weighted by atomic mass is 10.1. The fourth-order valence-corrected chi connectivity index (χ4v) is 2.03. The first-order valence-electron chi connectivity index (χ1n) is 6.90. The van der Waals surface area contributed by atoms with E-state index in [9.17, 15) is 13.2 Å². The van der Waals surface area contributed by atoms with E-state index in [1.165, 1.54) is 12.4 Å². The molecule has 2 rings (SSSR count). The number of halogens is 4. The Kier molecular flexibility index (Phi) is 5.74. The molecule has 1 atom stereocenters. The van der Waals surface area contributed by atoms with Crippen LogP contribution in [0.4, 0.5) is 13.2 Å². The Balaban J connectivity index is 2.10. The van der Waals surface area contributed by atoms with Crippen molar-refractivity contribution in [3.05, 3.63) is 41.3 Å². The van der Waals surface area contributed by atoms with Gasteiger partial charge in [0, 0.05) is 42.7 Å². The van der Waals surface area contributed by atoms with Gasteiger partial charge >= 0.3 is 6.18 Å². The number of rotatable bonds is 5. The summed E-state index contributed by atoms with van der Waals surface area (Å²) in [5.41, 5.74) is 7.79. The van der Waals surface area contributed by atoms with Crippen molar-refractivity contribution in [1.29, 1.82) is 0 Å². The van der Waals surface area contributed by atoms with E-state index in [-0.39, 0.29) is 6.54 Å². The molecule has 128 valence electrons. The number of hydrogen-bond acceptors (Lipinski definition) is 5. The lowest BCUT2D eigenvalue weighted by Gasteiger charge is -2.12. The van der Waals surface area contributed by atoms with Gasteiger partial charge in [-0.05, 0) is 18.2 Å². The summed E-state index contributed by atoms with van der Waals surface area (Å²) in [5, 5.41) is 9.21. The molecule has 0 aliphatic carbocycles. The standard InChI is InChI=1S/C15H14ClF3N4O/c16-14-2-1-11-12(23-14)5-9(8-22-11)10(6-20)7-21-4-3-13(24)15(17,18)19/h1-2,5-8,13,24H,3-4,20H2. The summed E-state index contributed by atoms with van der Waals surface area (Å²) in [7, 11) is 0. The third kappa shape index (κ3) is 4.65. The summed E-state index contributed by atoms with van der Waals surface area (Å²) in [4.78, 5) is 12.2. The molecule has 0 bridgehead atoms. The number of aliphatic hydroxyl groups is 1. The number of aliphatic imine (C=N–C) groups is 1. The van der Waals surface area contributed by atoms with Crippen molar-refractivity contribution in [2.75, 3.05) is 6.54 Å². The van der Waals surface area contributed by atoms with Crippen LogP contribution in [0.15, 0.2) is 35.6 Å². The number of aromatic nitrogens is 2. The minimum atomic E-state index is -4.64. The van der Waals surface area contributed by atoms with Crippen LogP contribution in [0.2, 0.25) is 5.15 Å². The van der Waals surface area contributed by atoms with Crippen LogP contribution >= 0.6 is 11.6 Å². The Labute approximate surface area is 140 Å². The molecule has 1 unspecified atom stereocenters. The van der Waals surface area contributed by atoms with Crippen molar-refractivity contribution in [2.45, 2.75) is 18.7 Å². The number of aliphatic hydroxyl groups excluding tert-OH is 1. The van der Waals surface area contributed by atoms with Gasteiger partial charge in [0.25, 0.3) is 0 Å². The third-order valence-corrected chi connectivity index (χ3v) is 3.37. The maximum Gasteiger partial charge on any atom is 0.414 e. The van der Waals surface area contributed by atoms with Gasteiger partial charge in [-0.15, -0.1) is 0 Å². The van der Waals surface area contributed by atoms with E-state index < -0.39 is 18.7 Å². The maximum absolute atomic E-state index is 12.2. The number of nitrogens with two attached hydrogens (primary N) is 1. The van der Waals surface area contributed by atoms with Gasteiger partial charge in [0.05, 0.1) is 11.0 Å². The summed E-state index contributed by atoms with van der Waals surface area (Å²) in [6.45, 7) is -0.191. The van der Waals surface area contributed by atoms with Gasteiger partial charge in [0.15, 0.2) is 6.10 Å². The monoisotopic (exact) mass is 358 g/mol. The molecule has 0 aliphatic rings. The van der Waals surface area contributed by atoms with E-state index >= 15 is 0 Å². The molecule has 2 heterocycles. The van der Waals surface area contributed by atoms with Crippen LogP contribution in [-0.4, -0.2) is 40.1 Å². The van der Waals surface area contributed by atoms with Crippen LogP contribution in [0.1, 0.15) is 12.0 Å². The number of fused-ring (bicyclic) bond motifs is 1. The molecule has 2 aromatic rings. The number of nitrogens with zero attached hydrogens (tertiary/aromatic N) is 3. The maximum atomic E-state index is 12.2. The van der Waals surface area contributed by atoms with Gasteiger partial charge in [-0.2, -0.15) is 13.2 Å². The third-order valence-electron chi connectivity index (χ3n) is 3.16. The first-order chi connectivity index (χ1) is 11.3. The second-order valence-corrected chi connectivity index (χ2v) is 5.29. The topological polar surface area (TPSA) is 84.4 Å². The van der Waals surface area contributed by atoms with Crippen molar-refractivity contribution >= 4 is 34.4 Å². The Hall–Kier alpha value is -2.19. The molecule has 0 spiro atoms. The Morgan fingerprint density at radius 2 is 2.12 bits per heavy atom. The van der Waals surface area contributed by atoms with Gasteiger partial charge in [-0.25, -0.2) is 4.98 Å². The number of hydrogen-bond donors (Lipinski definition) is 2. The average molecular weight is 359 g/mol. The molecular formula is C15H14ClF3N4O. The van der Waals surface area contributed by atoms with Crippen molar-refractivity contribution in [1.82, 2.24) is 9.97 Å². The summed E-state index contributed by atoms with van der Waals surface area (Å²) in [5.74, 6) is 0. The lowest BCUT2D eigenvalue weighted by molar-refractivity contribution is -0.204. The second-order valence-electron chi connectivity index (χ2n) is 4.90. The van der Waals surface area contributed by atoms with E-state index in [4.69, 9.17) is 22.4 Å². The molecule has 0 aliphatic heterocycles. The largest absolute Gasteiger partial charge is 0.414 e. The fraction of sp³-hybridized carbons (Fsp3) is 0.267. The van der Waals surface area contributed by atoms with Crippen LogP contribution in [0.25, 0.3) is 16.6 Å². The zero-order valence-electron chi connectivity index (χ0n) is 12.3. The summed E-state index contributed by atoms with van der Waals surface area (Å²) in [6.07, 6.45) is -3.42. The van der Waals surface area contributed by atoms with E-state index in [1.807, 2.05) is 0 Å². The number of allylic oxidation sites excluding steroid dienone is 1. The molecular weight excluding hydrogens is 345 g/mol. The van der Waals surface area contributed by atoms with Crippen molar-refractivity contribution < 1.29 is 18.3 Å². The highest BCUT2D eigenvalue weighted by molar-refractivity contribution is 6.29. The Bertz CT molecular complexity index is 777. The Morgan fingerprint density at radius 3 is 2.79 bits per heavy atom. The van der Waals surface area contributed by atoms with Gasteiger partial charge < -0.3 is 10.8 Å². The predicted molar refractivity (Wildman–Crippen MR) is 86.8 cm³/mol. The molecule has 0 saturated heterocycles. The quantitative estimate of drug-likeness (QED) is 0.635. The molecule has 2 aromatic heterocycles. The molecule has 5 nitrogen and oxygen atoms in total. The SMILES string of the molecule is NC=C(C=NCCC(O)C(F)(F)F)c1cnc2ccc(Cl)nc2c1. The fourth-order valence-electron chi connectivity index (χ4n) is 1.88. The predicted octanol–water partition coefficient (Wildman–Crippen LogP) is 2.97. The molecule has 0 saturated carbocycles. The zero-order chi connectivity index (χ0) is 17.7. The van der Waals surface area contributed by atoms with Crippen LogP contribution in [-0.2, 0) is 0 Å². The molecule has 0 aromatic carbocycles. The van der Waals surface area contributed by atoms with Gasteiger partial charge in [0.2, 0.25) is 0 Å². The summed E-state index contributed by atoms with van der Waals surface area (Å²) >= 11 is 5.83. The van der Waals surface area contributed by atoms with E-state index in [0.717, 1.165) is 0 Å². The van der Waals surface area contributed by atoms with E-state index in [0.29, 0.717) is 27.3 Å². The van der Waals surface area contributed by atoms with Crippen LogP contribution in [0.5, 0.6) is 0 Å². The highest BCUT2D eigenvalue weighted by Gasteiger charge is 2.37. The molecule has 9 heteroatoms. The average Bonchev–Trinajstić information content (AvgIpc) is 2.53. The summed E-state index contributed by atoms with van der Waals surface area (Å²) in [6, 6.07) is 5.03. The molecule has 0 amide bonds. The molecule has 0 fully saturated rings. The number of pyridine rings is 2. The lowest BCUT2D eigenvalue weighted by Crippen LogP contribution is -2.29. The highest BCUT2D eigenvalue weighted by Crippen LogP contribution is 2.22. The molecule has 24 heavy (non-hydrogen) atoms. The van der Waals surface area contributed by atoms with Crippen molar-refractivity contribution in [3.63, 3.8) is 0 Å². The normalized spacial score (nSPS) is 14.5. The molecule has 3 N–H and O–H groups in total. The van der Waals surface area contributed by atoms with Gasteiger partial charge in [-0.3, -0.25) is 9.98 Å². The first-order valence-corrected chi connectivity index (χ1v) is 7.28. The Morgan fingerprint density at radius 1 is 1.38 bits per heavy atom. The smallest absolute Gasteiger partial charge is 0.404 e. The van der Waals surface area contributed by atoms with E-state index in [2.05, 4.69) is 15.0 Å². The highest BCUT2D eigenvalue weighted by atomic mass is 35.5. The minimum Gasteiger partial charge on any atom is -0.404 e. The molecule has 0 radical (unpaired) electrons. The number of alkyl halides is 3. The van der Waals surface area contributed by atoms with Crippen LogP contribution in [0, 0.1) is 0 Å².